The van der Waals surface area contributed by atoms with Gasteiger partial charge in [0.05, 0.1) is 12.2 Å². The Hall–Kier alpha value is -1.82. The standard InChI is InChI=1S/C12H13FO5/c1-2-16-12(15)10(14)9-7(13)3-4-8-11(9)18-6-5-17-8/h3-4,10,14H,2,5-6H2,1H3. The van der Waals surface area contributed by atoms with Gasteiger partial charge in [0.2, 0.25) is 0 Å². The van der Waals surface area contributed by atoms with Crippen LogP contribution in [0.2, 0.25) is 0 Å². The number of halogens is 1. The van der Waals surface area contributed by atoms with Crippen molar-refractivity contribution >= 4 is 5.97 Å². The molecule has 0 aliphatic carbocycles. The smallest absolute Gasteiger partial charge is 0.339 e. The van der Waals surface area contributed by atoms with Crippen molar-refractivity contribution < 1.29 is 28.5 Å². The Morgan fingerprint density at radius 2 is 2.22 bits per heavy atom. The highest BCUT2D eigenvalue weighted by Gasteiger charge is 2.30. The third-order valence-electron chi connectivity index (χ3n) is 2.48. The molecule has 5 nitrogen and oxygen atoms in total. The lowest BCUT2D eigenvalue weighted by Crippen LogP contribution is -2.22. The van der Waals surface area contributed by atoms with Gasteiger partial charge < -0.3 is 19.3 Å². The third kappa shape index (κ3) is 2.24. The number of esters is 1. The van der Waals surface area contributed by atoms with Crippen LogP contribution in [0.4, 0.5) is 4.39 Å². The van der Waals surface area contributed by atoms with Gasteiger partial charge in [-0.2, -0.15) is 0 Å². The number of benzene rings is 1. The minimum atomic E-state index is -1.72. The predicted molar refractivity (Wildman–Crippen MR) is 59.0 cm³/mol. The van der Waals surface area contributed by atoms with Gasteiger partial charge >= 0.3 is 5.97 Å². The quantitative estimate of drug-likeness (QED) is 0.823. The zero-order valence-electron chi connectivity index (χ0n) is 9.81. The summed E-state index contributed by atoms with van der Waals surface area (Å²) in [6.07, 6.45) is -1.72. The molecule has 1 heterocycles. The summed E-state index contributed by atoms with van der Waals surface area (Å²) in [6, 6.07) is 2.51. The molecule has 1 aliphatic heterocycles. The van der Waals surface area contributed by atoms with E-state index in [1.807, 2.05) is 0 Å². The van der Waals surface area contributed by atoms with Gasteiger partial charge in [0.15, 0.2) is 17.6 Å². The summed E-state index contributed by atoms with van der Waals surface area (Å²) in [7, 11) is 0. The normalized spacial score (nSPS) is 15.1. The zero-order chi connectivity index (χ0) is 13.1. The summed E-state index contributed by atoms with van der Waals surface area (Å²) in [4.78, 5) is 11.4. The lowest BCUT2D eigenvalue weighted by Gasteiger charge is -2.22. The molecular formula is C12H13FO5. The van der Waals surface area contributed by atoms with E-state index >= 15 is 0 Å². The third-order valence-corrected chi connectivity index (χ3v) is 2.48. The molecular weight excluding hydrogens is 243 g/mol. The summed E-state index contributed by atoms with van der Waals surface area (Å²) in [5.74, 6) is -1.29. The van der Waals surface area contributed by atoms with Gasteiger partial charge in [-0.15, -0.1) is 0 Å². The van der Waals surface area contributed by atoms with Crippen LogP contribution in [0, 0.1) is 5.82 Å². The van der Waals surface area contributed by atoms with E-state index in [2.05, 4.69) is 4.74 Å². The van der Waals surface area contributed by atoms with Crippen LogP contribution < -0.4 is 9.47 Å². The van der Waals surface area contributed by atoms with Gasteiger partial charge in [-0.3, -0.25) is 0 Å². The molecule has 1 aliphatic rings. The van der Waals surface area contributed by atoms with Crippen LogP contribution in [0.3, 0.4) is 0 Å². The second-order valence-corrected chi connectivity index (χ2v) is 3.64. The number of hydrogen-bond acceptors (Lipinski definition) is 5. The molecule has 1 atom stereocenters. The second kappa shape index (κ2) is 5.22. The summed E-state index contributed by atoms with van der Waals surface area (Å²) in [5, 5.41) is 9.81. The first-order valence-corrected chi connectivity index (χ1v) is 5.57. The maximum absolute atomic E-state index is 13.7. The van der Waals surface area contributed by atoms with E-state index in [1.165, 1.54) is 6.07 Å². The largest absolute Gasteiger partial charge is 0.486 e. The summed E-state index contributed by atoms with van der Waals surface area (Å²) in [6.45, 7) is 2.28. The Bertz CT molecular complexity index is 460. The van der Waals surface area contributed by atoms with Crippen LogP contribution in [0.25, 0.3) is 0 Å². The summed E-state index contributed by atoms with van der Waals surface area (Å²) in [5.41, 5.74) is -0.245. The molecule has 0 radical (unpaired) electrons. The minimum absolute atomic E-state index is 0.0572. The number of aliphatic hydroxyl groups is 1. The predicted octanol–water partition coefficient (Wildman–Crippen LogP) is 1.19. The molecule has 1 unspecified atom stereocenters. The van der Waals surface area contributed by atoms with Crippen molar-refractivity contribution in [3.05, 3.63) is 23.5 Å². The number of carbonyl (C=O) groups excluding carboxylic acids is 1. The fourth-order valence-corrected chi connectivity index (χ4v) is 1.71. The number of aliphatic hydroxyl groups excluding tert-OH is 1. The fraction of sp³-hybridized carbons (Fsp3) is 0.417. The van der Waals surface area contributed by atoms with E-state index in [-0.39, 0.29) is 24.5 Å². The van der Waals surface area contributed by atoms with Crippen LogP contribution in [-0.4, -0.2) is 30.9 Å². The molecule has 1 aromatic rings. The zero-order valence-corrected chi connectivity index (χ0v) is 9.81. The highest BCUT2D eigenvalue weighted by molar-refractivity contribution is 5.78. The summed E-state index contributed by atoms with van der Waals surface area (Å²) >= 11 is 0. The first-order chi connectivity index (χ1) is 8.65. The average Bonchev–Trinajstić information content (AvgIpc) is 2.38. The molecule has 1 N–H and O–H groups in total. The lowest BCUT2D eigenvalue weighted by atomic mass is 10.1. The topological polar surface area (TPSA) is 65.0 Å². The molecule has 0 spiro atoms. The second-order valence-electron chi connectivity index (χ2n) is 3.64. The fourth-order valence-electron chi connectivity index (χ4n) is 1.71. The number of rotatable bonds is 3. The Balaban J connectivity index is 2.39. The molecule has 18 heavy (non-hydrogen) atoms. The van der Waals surface area contributed by atoms with Gasteiger partial charge in [0, 0.05) is 0 Å². The lowest BCUT2D eigenvalue weighted by molar-refractivity contribution is -0.153. The van der Waals surface area contributed by atoms with Crippen LogP contribution in [0.1, 0.15) is 18.6 Å². The number of carbonyl (C=O) groups is 1. The maximum atomic E-state index is 13.7. The number of fused-ring (bicyclic) bond motifs is 1. The van der Waals surface area contributed by atoms with Crippen molar-refractivity contribution in [3.8, 4) is 11.5 Å². The maximum Gasteiger partial charge on any atom is 0.339 e. The molecule has 0 amide bonds. The van der Waals surface area contributed by atoms with Crippen molar-refractivity contribution in [2.45, 2.75) is 13.0 Å². The molecule has 0 saturated heterocycles. The molecule has 6 heteroatoms. The highest BCUT2D eigenvalue weighted by atomic mass is 19.1. The van der Waals surface area contributed by atoms with Gasteiger partial charge in [-0.1, -0.05) is 0 Å². The molecule has 2 rings (SSSR count). The minimum Gasteiger partial charge on any atom is -0.486 e. The average molecular weight is 256 g/mol. The first-order valence-electron chi connectivity index (χ1n) is 5.57. The van der Waals surface area contributed by atoms with E-state index in [0.29, 0.717) is 12.4 Å². The van der Waals surface area contributed by atoms with Gasteiger partial charge in [-0.25, -0.2) is 9.18 Å². The first kappa shape index (κ1) is 12.6. The van der Waals surface area contributed by atoms with Crippen molar-refractivity contribution in [3.63, 3.8) is 0 Å². The van der Waals surface area contributed by atoms with E-state index in [1.54, 1.807) is 6.92 Å². The van der Waals surface area contributed by atoms with E-state index in [9.17, 15) is 14.3 Å². The number of hydrogen-bond donors (Lipinski definition) is 1. The van der Waals surface area contributed by atoms with E-state index in [0.717, 1.165) is 6.07 Å². The molecule has 0 bridgehead atoms. The van der Waals surface area contributed by atoms with E-state index < -0.39 is 17.9 Å². The number of ether oxygens (including phenoxy) is 3. The highest BCUT2D eigenvalue weighted by Crippen LogP contribution is 2.39. The monoisotopic (exact) mass is 256 g/mol. The van der Waals surface area contributed by atoms with Gasteiger partial charge in [-0.05, 0) is 19.1 Å². The molecule has 1 aromatic carbocycles. The Morgan fingerprint density at radius 1 is 1.50 bits per heavy atom. The molecule has 0 aromatic heterocycles. The van der Waals surface area contributed by atoms with Crippen LogP contribution in [0.5, 0.6) is 11.5 Å². The van der Waals surface area contributed by atoms with E-state index in [4.69, 9.17) is 9.47 Å². The SMILES string of the molecule is CCOC(=O)C(O)c1c(F)ccc2c1OCCO2. The summed E-state index contributed by atoms with van der Waals surface area (Å²) < 4.78 is 28.9. The van der Waals surface area contributed by atoms with Crippen molar-refractivity contribution in [2.75, 3.05) is 19.8 Å². The van der Waals surface area contributed by atoms with Crippen molar-refractivity contribution in [1.82, 2.24) is 0 Å². The molecule has 98 valence electrons. The van der Waals surface area contributed by atoms with Crippen LogP contribution >= 0.6 is 0 Å². The van der Waals surface area contributed by atoms with Gasteiger partial charge in [0.1, 0.15) is 19.0 Å². The van der Waals surface area contributed by atoms with Crippen molar-refractivity contribution in [2.24, 2.45) is 0 Å². The van der Waals surface area contributed by atoms with Crippen LogP contribution in [0.15, 0.2) is 12.1 Å². The van der Waals surface area contributed by atoms with Crippen LogP contribution in [-0.2, 0) is 9.53 Å². The molecule has 0 saturated carbocycles. The van der Waals surface area contributed by atoms with Crippen molar-refractivity contribution in [1.29, 1.82) is 0 Å². The Labute approximate surface area is 103 Å². The van der Waals surface area contributed by atoms with Gasteiger partial charge in [0.25, 0.3) is 0 Å². The Morgan fingerprint density at radius 3 is 2.94 bits per heavy atom. The molecule has 0 fully saturated rings. The Kier molecular flexibility index (Phi) is 3.66.